The highest BCUT2D eigenvalue weighted by Crippen LogP contribution is 2.32. The summed E-state index contributed by atoms with van der Waals surface area (Å²) in [4.78, 5) is 30.6. The van der Waals surface area contributed by atoms with E-state index in [1.165, 1.54) is 5.56 Å². The fourth-order valence-electron chi connectivity index (χ4n) is 3.64. The second-order valence-corrected chi connectivity index (χ2v) is 8.74. The van der Waals surface area contributed by atoms with E-state index >= 15 is 0 Å². The lowest BCUT2D eigenvalue weighted by atomic mass is 9.97. The first-order valence-electron chi connectivity index (χ1n) is 10.1. The molecule has 1 fully saturated rings. The van der Waals surface area contributed by atoms with Gasteiger partial charge in [-0.15, -0.1) is 0 Å². The Balaban J connectivity index is 1.45. The van der Waals surface area contributed by atoms with Gasteiger partial charge in [-0.3, -0.25) is 9.78 Å². The first kappa shape index (κ1) is 20.3. The van der Waals surface area contributed by atoms with Crippen molar-refractivity contribution < 1.29 is 4.79 Å². The van der Waals surface area contributed by atoms with E-state index in [4.69, 9.17) is 10.7 Å². The van der Waals surface area contributed by atoms with Gasteiger partial charge in [-0.25, -0.2) is 9.97 Å². The lowest BCUT2D eigenvalue weighted by Gasteiger charge is -2.30. The van der Waals surface area contributed by atoms with Gasteiger partial charge in [0.1, 0.15) is 5.82 Å². The molecule has 0 saturated carbocycles. The Hall–Kier alpha value is -3.00. The van der Waals surface area contributed by atoms with Gasteiger partial charge in [0.05, 0.1) is 22.8 Å². The van der Waals surface area contributed by atoms with Crippen molar-refractivity contribution in [2.75, 3.05) is 29.9 Å². The number of primary amides is 1. The predicted octanol–water partition coefficient (Wildman–Crippen LogP) is 3.25. The Bertz CT molecular complexity index is 1030. The maximum atomic E-state index is 11.4. The fraction of sp³-hybridized carbons (Fsp3) is 0.364. The van der Waals surface area contributed by atoms with Crippen LogP contribution in [0.4, 0.5) is 10.9 Å². The Morgan fingerprint density at radius 2 is 2.07 bits per heavy atom. The van der Waals surface area contributed by atoms with Gasteiger partial charge in [0.2, 0.25) is 5.91 Å². The molecule has 1 aliphatic rings. The minimum atomic E-state index is -0.193. The summed E-state index contributed by atoms with van der Waals surface area (Å²) in [5, 5.41) is 0.973. The van der Waals surface area contributed by atoms with E-state index in [2.05, 4.69) is 32.8 Å². The molecule has 156 valence electrons. The number of rotatable bonds is 6. The molecule has 4 rings (SSSR count). The zero-order chi connectivity index (χ0) is 21.1. The number of aromatic nitrogens is 3. The van der Waals surface area contributed by atoms with Crippen molar-refractivity contribution in [3.8, 4) is 10.6 Å². The molecule has 0 unspecified atom stereocenters. The van der Waals surface area contributed by atoms with Crippen molar-refractivity contribution in [1.82, 2.24) is 15.0 Å². The molecule has 7 nitrogen and oxygen atoms in total. The second kappa shape index (κ2) is 8.79. The van der Waals surface area contributed by atoms with Gasteiger partial charge in [-0.2, -0.15) is 0 Å². The van der Waals surface area contributed by atoms with Crippen molar-refractivity contribution in [3.63, 3.8) is 0 Å². The van der Waals surface area contributed by atoms with Gasteiger partial charge in [-0.05, 0) is 49.6 Å². The molecule has 1 amide bonds. The Kier molecular flexibility index (Phi) is 5.94. The normalized spacial score (nSPS) is 14.7. The van der Waals surface area contributed by atoms with E-state index in [0.717, 1.165) is 53.1 Å². The molecular weight excluding hydrogens is 396 g/mol. The molecule has 30 heavy (non-hydrogen) atoms. The first-order chi connectivity index (χ1) is 14.5. The number of carbonyl (C=O) groups is 1. The van der Waals surface area contributed by atoms with E-state index in [0.29, 0.717) is 6.54 Å². The number of anilines is 2. The van der Waals surface area contributed by atoms with Crippen molar-refractivity contribution in [2.45, 2.75) is 26.3 Å². The summed E-state index contributed by atoms with van der Waals surface area (Å²) in [5.74, 6) is 0.724. The third-order valence-electron chi connectivity index (χ3n) is 5.41. The summed E-state index contributed by atoms with van der Waals surface area (Å²) in [6.45, 7) is 4.36. The van der Waals surface area contributed by atoms with Crippen molar-refractivity contribution >= 4 is 28.2 Å². The van der Waals surface area contributed by atoms with Crippen LogP contribution < -0.4 is 15.5 Å². The van der Waals surface area contributed by atoms with Crippen LogP contribution in [0.25, 0.3) is 10.6 Å². The number of hydrogen-bond donors (Lipinski definition) is 1. The predicted molar refractivity (Wildman–Crippen MR) is 121 cm³/mol. The lowest BCUT2D eigenvalue weighted by Crippen LogP contribution is -2.38. The van der Waals surface area contributed by atoms with E-state index in [1.807, 2.05) is 43.7 Å². The van der Waals surface area contributed by atoms with Crippen LogP contribution in [0.5, 0.6) is 0 Å². The van der Waals surface area contributed by atoms with Gasteiger partial charge < -0.3 is 15.5 Å². The largest absolute Gasteiger partial charge is 0.369 e. The van der Waals surface area contributed by atoms with Crippen LogP contribution in [-0.2, 0) is 11.3 Å². The quantitative estimate of drug-likeness (QED) is 0.656. The number of aryl methyl sites for hydroxylation is 1. The van der Waals surface area contributed by atoms with Crippen LogP contribution in [0, 0.1) is 12.8 Å². The number of pyridine rings is 2. The molecule has 0 spiro atoms. The summed E-state index contributed by atoms with van der Waals surface area (Å²) < 4.78 is 0. The number of nitrogens with zero attached hydrogens (tertiary/aromatic N) is 5. The fourth-order valence-corrected chi connectivity index (χ4v) is 4.58. The summed E-state index contributed by atoms with van der Waals surface area (Å²) >= 11 is 1.64. The Morgan fingerprint density at radius 3 is 2.80 bits per heavy atom. The van der Waals surface area contributed by atoms with Crippen molar-refractivity contribution in [2.24, 2.45) is 11.7 Å². The molecule has 1 aliphatic heterocycles. The molecule has 2 N–H and O–H groups in total. The highest BCUT2D eigenvalue weighted by Gasteiger charge is 2.24. The minimum absolute atomic E-state index is 0.0149. The van der Waals surface area contributed by atoms with E-state index in [1.54, 1.807) is 11.3 Å². The van der Waals surface area contributed by atoms with Crippen molar-refractivity contribution in [1.29, 1.82) is 0 Å². The van der Waals surface area contributed by atoms with Gasteiger partial charge in [0.15, 0.2) is 5.13 Å². The monoisotopic (exact) mass is 422 g/mol. The summed E-state index contributed by atoms with van der Waals surface area (Å²) in [6, 6.07) is 10.2. The molecule has 0 atom stereocenters. The van der Waals surface area contributed by atoms with Gasteiger partial charge >= 0.3 is 0 Å². The smallest absolute Gasteiger partial charge is 0.220 e. The average molecular weight is 423 g/mol. The molecule has 4 heterocycles. The van der Waals surface area contributed by atoms with Gasteiger partial charge in [-0.1, -0.05) is 17.4 Å². The molecule has 0 aliphatic carbocycles. The third-order valence-corrected chi connectivity index (χ3v) is 6.49. The zero-order valence-electron chi connectivity index (χ0n) is 17.3. The Morgan fingerprint density at radius 1 is 1.27 bits per heavy atom. The van der Waals surface area contributed by atoms with Crippen LogP contribution in [0.2, 0.25) is 0 Å². The molecular formula is C22H26N6OS. The Labute approximate surface area is 180 Å². The maximum Gasteiger partial charge on any atom is 0.220 e. The SMILES string of the molecule is Cc1ccnc(N(C)Cc2cccc(-c3cnc(N4CCC(C(N)=O)CC4)s3)n2)c1. The summed E-state index contributed by atoms with van der Waals surface area (Å²) in [6.07, 6.45) is 5.29. The average Bonchev–Trinajstić information content (AvgIpc) is 3.24. The lowest BCUT2D eigenvalue weighted by molar-refractivity contribution is -0.122. The molecule has 3 aromatic heterocycles. The van der Waals surface area contributed by atoms with Gasteiger partial charge in [0.25, 0.3) is 0 Å². The second-order valence-electron chi connectivity index (χ2n) is 7.73. The third kappa shape index (κ3) is 4.59. The standard InChI is InChI=1S/C22H26N6OS/c1-15-6-9-24-20(12-15)27(2)14-17-4-3-5-18(26-17)19-13-25-22(30-19)28-10-7-16(8-11-28)21(23)29/h3-6,9,12-13,16H,7-8,10-11,14H2,1-2H3,(H2,23,29). The molecule has 1 saturated heterocycles. The van der Waals surface area contributed by atoms with Crippen LogP contribution in [-0.4, -0.2) is 41.0 Å². The van der Waals surface area contributed by atoms with Crippen LogP contribution >= 0.6 is 11.3 Å². The molecule has 0 aromatic carbocycles. The number of nitrogens with two attached hydrogens (primary N) is 1. The van der Waals surface area contributed by atoms with E-state index in [9.17, 15) is 4.79 Å². The summed E-state index contributed by atoms with van der Waals surface area (Å²) in [7, 11) is 2.02. The number of hydrogen-bond acceptors (Lipinski definition) is 7. The topological polar surface area (TPSA) is 88.2 Å². The minimum Gasteiger partial charge on any atom is -0.369 e. The molecule has 8 heteroatoms. The maximum absolute atomic E-state index is 11.4. The molecule has 0 bridgehead atoms. The van der Waals surface area contributed by atoms with Crippen LogP contribution in [0.15, 0.2) is 42.7 Å². The molecule has 0 radical (unpaired) electrons. The number of amides is 1. The zero-order valence-corrected chi connectivity index (χ0v) is 18.1. The highest BCUT2D eigenvalue weighted by molar-refractivity contribution is 7.18. The molecule has 3 aromatic rings. The summed E-state index contributed by atoms with van der Waals surface area (Å²) in [5.41, 5.74) is 8.53. The number of carbonyl (C=O) groups excluding carboxylic acids is 1. The van der Waals surface area contributed by atoms with Crippen molar-refractivity contribution in [3.05, 3.63) is 54.0 Å². The number of thiazole rings is 1. The van der Waals surface area contributed by atoms with E-state index in [-0.39, 0.29) is 11.8 Å². The number of piperidine rings is 1. The van der Waals surface area contributed by atoms with Crippen LogP contribution in [0.1, 0.15) is 24.1 Å². The highest BCUT2D eigenvalue weighted by atomic mass is 32.1. The van der Waals surface area contributed by atoms with E-state index < -0.39 is 0 Å². The van der Waals surface area contributed by atoms with Gasteiger partial charge in [0, 0.05) is 38.4 Å². The first-order valence-corrected chi connectivity index (χ1v) is 10.9. The van der Waals surface area contributed by atoms with Crippen LogP contribution in [0.3, 0.4) is 0 Å².